The Morgan fingerprint density at radius 2 is 1.45 bits per heavy atom. The van der Waals surface area contributed by atoms with Crippen LogP contribution in [0.2, 0.25) is 0 Å². The highest BCUT2D eigenvalue weighted by molar-refractivity contribution is 5.75. The van der Waals surface area contributed by atoms with Crippen molar-refractivity contribution >= 4 is 11.9 Å². The molecule has 0 aromatic rings. The average molecular weight is 281 g/mol. The zero-order chi connectivity index (χ0) is 14.4. The largest absolute Gasteiger partial charge is 0.462 e. The maximum absolute atomic E-state index is 12.2. The third-order valence-corrected chi connectivity index (χ3v) is 4.61. The zero-order valence-electron chi connectivity index (χ0n) is 12.6. The number of likely N-dealkylation sites (tertiary alicyclic amines) is 1. The molecule has 0 aromatic heterocycles. The van der Waals surface area contributed by atoms with Crippen LogP contribution in [-0.4, -0.2) is 36.0 Å². The van der Waals surface area contributed by atoms with Crippen LogP contribution in [0.15, 0.2) is 0 Å². The molecule has 20 heavy (non-hydrogen) atoms. The maximum atomic E-state index is 12.2. The SMILES string of the molecule is CC(=O)N1CCC(C(=O)OC2CCCCCCC2)CC1. The summed E-state index contributed by atoms with van der Waals surface area (Å²) in [6.07, 6.45) is 9.92. The normalized spacial score (nSPS) is 22.9. The lowest BCUT2D eigenvalue weighted by Gasteiger charge is -2.31. The molecule has 1 aliphatic carbocycles. The Hall–Kier alpha value is -1.06. The van der Waals surface area contributed by atoms with Crippen LogP contribution in [0.3, 0.4) is 0 Å². The first kappa shape index (κ1) is 15.3. The van der Waals surface area contributed by atoms with Crippen molar-refractivity contribution in [3.63, 3.8) is 0 Å². The van der Waals surface area contributed by atoms with Crippen LogP contribution in [-0.2, 0) is 14.3 Å². The highest BCUT2D eigenvalue weighted by atomic mass is 16.5. The van der Waals surface area contributed by atoms with E-state index < -0.39 is 0 Å². The van der Waals surface area contributed by atoms with Crippen molar-refractivity contribution in [3.05, 3.63) is 0 Å². The van der Waals surface area contributed by atoms with Crippen LogP contribution in [0.1, 0.15) is 64.7 Å². The van der Waals surface area contributed by atoms with E-state index in [1.165, 1.54) is 32.1 Å². The number of ether oxygens (including phenoxy) is 1. The number of hydrogen-bond donors (Lipinski definition) is 0. The van der Waals surface area contributed by atoms with Crippen LogP contribution in [0.4, 0.5) is 0 Å². The van der Waals surface area contributed by atoms with E-state index >= 15 is 0 Å². The van der Waals surface area contributed by atoms with E-state index in [9.17, 15) is 9.59 Å². The van der Waals surface area contributed by atoms with Gasteiger partial charge in [-0.15, -0.1) is 0 Å². The van der Waals surface area contributed by atoms with Crippen LogP contribution in [0.25, 0.3) is 0 Å². The first-order valence-corrected chi connectivity index (χ1v) is 8.13. The van der Waals surface area contributed by atoms with E-state index in [0.717, 1.165) is 25.7 Å². The maximum Gasteiger partial charge on any atom is 0.309 e. The van der Waals surface area contributed by atoms with Gasteiger partial charge in [0.15, 0.2) is 0 Å². The molecule has 4 nitrogen and oxygen atoms in total. The predicted octanol–water partition coefficient (Wildman–Crippen LogP) is 2.90. The van der Waals surface area contributed by atoms with Crippen LogP contribution in [0, 0.1) is 5.92 Å². The number of carbonyl (C=O) groups excluding carboxylic acids is 2. The van der Waals surface area contributed by atoms with Gasteiger partial charge in [-0.25, -0.2) is 0 Å². The van der Waals surface area contributed by atoms with Gasteiger partial charge in [0.05, 0.1) is 5.92 Å². The first-order valence-electron chi connectivity index (χ1n) is 8.13. The number of hydrogen-bond acceptors (Lipinski definition) is 3. The van der Waals surface area contributed by atoms with Crippen LogP contribution in [0.5, 0.6) is 0 Å². The first-order chi connectivity index (χ1) is 9.66. The average Bonchev–Trinajstić information content (AvgIpc) is 2.41. The smallest absolute Gasteiger partial charge is 0.309 e. The molecule has 0 N–H and O–H groups in total. The molecule has 0 aromatic carbocycles. The molecule has 114 valence electrons. The Labute approximate surface area is 121 Å². The van der Waals surface area contributed by atoms with Crippen molar-refractivity contribution < 1.29 is 14.3 Å². The lowest BCUT2D eigenvalue weighted by molar-refractivity contribution is -0.157. The predicted molar refractivity (Wildman–Crippen MR) is 77.2 cm³/mol. The van der Waals surface area contributed by atoms with Gasteiger partial charge < -0.3 is 9.64 Å². The summed E-state index contributed by atoms with van der Waals surface area (Å²) in [5, 5.41) is 0. The van der Waals surface area contributed by atoms with Crippen molar-refractivity contribution in [2.45, 2.75) is 70.8 Å². The van der Waals surface area contributed by atoms with E-state index in [2.05, 4.69) is 0 Å². The highest BCUT2D eigenvalue weighted by Gasteiger charge is 2.28. The molecule has 0 atom stereocenters. The van der Waals surface area contributed by atoms with Crippen LogP contribution >= 0.6 is 0 Å². The van der Waals surface area contributed by atoms with E-state index in [4.69, 9.17) is 4.74 Å². The molecule has 1 aliphatic heterocycles. The van der Waals surface area contributed by atoms with E-state index in [-0.39, 0.29) is 23.9 Å². The summed E-state index contributed by atoms with van der Waals surface area (Å²) in [5.41, 5.74) is 0. The Morgan fingerprint density at radius 3 is 2.00 bits per heavy atom. The lowest BCUT2D eigenvalue weighted by Crippen LogP contribution is -2.40. The minimum absolute atomic E-state index is 0.00367. The molecular weight excluding hydrogens is 254 g/mol. The molecule has 1 heterocycles. The Kier molecular flexibility index (Phi) is 5.86. The number of amides is 1. The van der Waals surface area contributed by atoms with Crippen molar-refractivity contribution in [3.8, 4) is 0 Å². The van der Waals surface area contributed by atoms with Crippen molar-refractivity contribution in [2.75, 3.05) is 13.1 Å². The van der Waals surface area contributed by atoms with Crippen molar-refractivity contribution in [1.29, 1.82) is 0 Å². The van der Waals surface area contributed by atoms with E-state index in [0.29, 0.717) is 13.1 Å². The minimum Gasteiger partial charge on any atom is -0.462 e. The fourth-order valence-electron chi connectivity index (χ4n) is 3.23. The number of esters is 1. The number of carbonyl (C=O) groups is 2. The summed E-state index contributed by atoms with van der Waals surface area (Å²) < 4.78 is 5.72. The second-order valence-electron chi connectivity index (χ2n) is 6.18. The summed E-state index contributed by atoms with van der Waals surface area (Å²) in [7, 11) is 0. The van der Waals surface area contributed by atoms with Crippen molar-refractivity contribution in [1.82, 2.24) is 4.90 Å². The summed E-state index contributed by atoms with van der Waals surface area (Å²) in [6.45, 7) is 2.98. The molecular formula is C16H27NO3. The fourth-order valence-corrected chi connectivity index (χ4v) is 3.23. The fraction of sp³-hybridized carbons (Fsp3) is 0.875. The molecule has 0 unspecified atom stereocenters. The summed E-state index contributed by atoms with van der Waals surface area (Å²) >= 11 is 0. The van der Waals surface area contributed by atoms with Crippen molar-refractivity contribution in [2.24, 2.45) is 5.92 Å². The highest BCUT2D eigenvalue weighted by Crippen LogP contribution is 2.23. The third-order valence-electron chi connectivity index (χ3n) is 4.61. The molecule has 1 saturated carbocycles. The summed E-state index contributed by atoms with van der Waals surface area (Å²) in [5.74, 6) is 0.0756. The Bertz CT molecular complexity index is 327. The molecule has 1 saturated heterocycles. The van der Waals surface area contributed by atoms with Gasteiger partial charge in [-0.1, -0.05) is 19.3 Å². The van der Waals surface area contributed by atoms with E-state index in [1.54, 1.807) is 6.92 Å². The summed E-state index contributed by atoms with van der Waals surface area (Å²) in [4.78, 5) is 25.3. The molecule has 0 radical (unpaired) electrons. The van der Waals surface area contributed by atoms with Gasteiger partial charge in [-0.2, -0.15) is 0 Å². The van der Waals surface area contributed by atoms with Gasteiger partial charge in [0, 0.05) is 20.0 Å². The molecule has 0 spiro atoms. The second kappa shape index (κ2) is 7.65. The van der Waals surface area contributed by atoms with Gasteiger partial charge >= 0.3 is 5.97 Å². The summed E-state index contributed by atoms with van der Waals surface area (Å²) in [6, 6.07) is 0. The van der Waals surface area contributed by atoms with Gasteiger partial charge in [0.25, 0.3) is 0 Å². The van der Waals surface area contributed by atoms with Gasteiger partial charge in [0.2, 0.25) is 5.91 Å². The third kappa shape index (κ3) is 4.50. The number of rotatable bonds is 2. The van der Waals surface area contributed by atoms with Gasteiger partial charge in [-0.05, 0) is 38.5 Å². The standard InChI is InChI=1S/C16H27NO3/c1-13(18)17-11-9-14(10-12-17)16(19)20-15-7-5-3-2-4-6-8-15/h14-15H,2-12H2,1H3. The number of nitrogens with zero attached hydrogens (tertiary/aromatic N) is 1. The minimum atomic E-state index is -0.0289. The van der Waals surface area contributed by atoms with E-state index in [1.807, 2.05) is 4.90 Å². The quantitative estimate of drug-likeness (QED) is 0.731. The molecule has 2 rings (SSSR count). The molecule has 2 aliphatic rings. The van der Waals surface area contributed by atoms with Gasteiger partial charge in [-0.3, -0.25) is 9.59 Å². The number of piperidine rings is 1. The Morgan fingerprint density at radius 1 is 0.900 bits per heavy atom. The van der Waals surface area contributed by atoms with Gasteiger partial charge in [0.1, 0.15) is 6.10 Å². The molecule has 1 amide bonds. The molecule has 2 fully saturated rings. The topological polar surface area (TPSA) is 46.6 Å². The second-order valence-corrected chi connectivity index (χ2v) is 6.18. The molecule has 0 bridgehead atoms. The Balaban J connectivity index is 1.75. The lowest BCUT2D eigenvalue weighted by atomic mass is 9.96. The molecule has 4 heteroatoms. The van der Waals surface area contributed by atoms with Crippen LogP contribution < -0.4 is 0 Å². The zero-order valence-corrected chi connectivity index (χ0v) is 12.6. The monoisotopic (exact) mass is 281 g/mol.